The van der Waals surface area contributed by atoms with Crippen molar-refractivity contribution in [1.29, 1.82) is 0 Å². The van der Waals surface area contributed by atoms with E-state index in [1.165, 1.54) is 70.2 Å². The Kier molecular flexibility index (Phi) is 11.0. The number of benzene rings is 2. The monoisotopic (exact) mass is 790 g/mol. The molecular weight excluding hydrogens is 732 g/mol. The van der Waals surface area contributed by atoms with Gasteiger partial charge in [-0.2, -0.15) is 0 Å². The standard InChI is InChI=1S/C23H31BrO.C22H29BrO/c1-14-8-9-19-22(4,5)10-7-11-23(19,6)20(21(14)25)17-12-15(2)16(3)13-18(17)24;1-14-12-16(17(23)13-15(14)2)20-18(24)8-6-9-19-21(3,4)10-7-11-22(19,20)5/h9,12-14,20H,7-8,10-11H2,1-6H3;9,12-13,20H,6-8,10-11H2,1-5H3/t14-,20+,23+;20-,22-/m10/s1. The van der Waals surface area contributed by atoms with Gasteiger partial charge >= 0.3 is 0 Å². The number of aryl methyl sites for hydroxylation is 4. The lowest BCUT2D eigenvalue weighted by Crippen LogP contribution is -2.41. The molecule has 5 atom stereocenters. The molecule has 266 valence electrons. The highest BCUT2D eigenvalue weighted by molar-refractivity contribution is 9.10. The Morgan fingerprint density at radius 1 is 0.612 bits per heavy atom. The third-order valence-corrected chi connectivity index (χ3v) is 14.7. The van der Waals surface area contributed by atoms with Crippen molar-refractivity contribution in [3.05, 3.63) is 89.9 Å². The van der Waals surface area contributed by atoms with Gasteiger partial charge in [0.05, 0.1) is 11.8 Å². The van der Waals surface area contributed by atoms with Crippen LogP contribution in [0.4, 0.5) is 0 Å². The van der Waals surface area contributed by atoms with Crippen molar-refractivity contribution in [2.75, 3.05) is 0 Å². The average Bonchev–Trinajstić information content (AvgIpc) is 3.19. The fourth-order valence-electron chi connectivity index (χ4n) is 10.4. The van der Waals surface area contributed by atoms with Crippen LogP contribution in [0.1, 0.15) is 151 Å². The maximum Gasteiger partial charge on any atom is 0.144 e. The van der Waals surface area contributed by atoms with Crippen molar-refractivity contribution in [2.45, 2.75) is 146 Å². The number of halogens is 2. The molecule has 4 heteroatoms. The summed E-state index contributed by atoms with van der Waals surface area (Å²) in [6, 6.07) is 8.88. The fourth-order valence-corrected chi connectivity index (χ4v) is 11.8. The summed E-state index contributed by atoms with van der Waals surface area (Å²) in [5, 5.41) is 0. The highest BCUT2D eigenvalue weighted by Gasteiger charge is 2.52. The largest absolute Gasteiger partial charge is 0.299 e. The van der Waals surface area contributed by atoms with E-state index in [2.05, 4.69) is 144 Å². The van der Waals surface area contributed by atoms with Crippen LogP contribution in [-0.2, 0) is 9.59 Å². The van der Waals surface area contributed by atoms with Crippen molar-refractivity contribution >= 4 is 43.4 Å². The summed E-state index contributed by atoms with van der Waals surface area (Å²) in [4.78, 5) is 26.7. The third kappa shape index (κ3) is 7.05. The molecule has 0 aliphatic heterocycles. The molecule has 0 heterocycles. The van der Waals surface area contributed by atoms with Crippen LogP contribution in [-0.4, -0.2) is 11.6 Å². The highest BCUT2D eigenvalue weighted by atomic mass is 79.9. The second kappa shape index (κ2) is 14.0. The molecule has 2 nitrogen and oxygen atoms in total. The molecule has 6 rings (SSSR count). The zero-order valence-corrected chi connectivity index (χ0v) is 35.3. The SMILES string of the molecule is Cc1cc(Br)c([C@H]2C(=O)CCC=C3C(C)(C)CCC[C@@]32C)cc1C.Cc1cc(Br)c([C@H]2C(=O)[C@H](C)CC=C3C(C)(C)CCC[C@@]32C)cc1C. The molecule has 49 heavy (non-hydrogen) atoms. The lowest BCUT2D eigenvalue weighted by Gasteiger charge is -2.49. The molecule has 0 amide bonds. The van der Waals surface area contributed by atoms with Crippen LogP contribution in [0.25, 0.3) is 0 Å². The summed E-state index contributed by atoms with van der Waals surface area (Å²) in [5.41, 5.74) is 10.7. The van der Waals surface area contributed by atoms with Gasteiger partial charge in [0.2, 0.25) is 0 Å². The zero-order chi connectivity index (χ0) is 36.3. The van der Waals surface area contributed by atoms with E-state index >= 15 is 0 Å². The lowest BCUT2D eigenvalue weighted by molar-refractivity contribution is -0.126. The Hall–Kier alpha value is -1.78. The number of carbonyl (C=O) groups is 2. The minimum absolute atomic E-state index is 0.0282. The summed E-state index contributed by atoms with van der Waals surface area (Å²) in [5.74, 6) is 0.828. The van der Waals surface area contributed by atoms with Crippen LogP contribution in [0.5, 0.6) is 0 Å². The second-order valence-corrected chi connectivity index (χ2v) is 19.6. The second-order valence-electron chi connectivity index (χ2n) is 17.9. The Bertz CT molecular complexity index is 1710. The van der Waals surface area contributed by atoms with E-state index in [0.717, 1.165) is 34.6 Å². The molecule has 0 saturated heterocycles. The molecule has 2 fully saturated rings. The molecule has 2 aromatic carbocycles. The number of ketones is 2. The quantitative estimate of drug-likeness (QED) is 0.284. The van der Waals surface area contributed by atoms with E-state index in [0.29, 0.717) is 18.0 Å². The van der Waals surface area contributed by atoms with Crippen molar-refractivity contribution in [1.82, 2.24) is 0 Å². The van der Waals surface area contributed by atoms with E-state index in [-0.39, 0.29) is 39.4 Å². The topological polar surface area (TPSA) is 34.1 Å². The predicted octanol–water partition coefficient (Wildman–Crippen LogP) is 13.6. The molecule has 4 aliphatic rings. The number of hydrogen-bond donors (Lipinski definition) is 0. The molecule has 2 saturated carbocycles. The van der Waals surface area contributed by atoms with Crippen LogP contribution in [0, 0.1) is 55.3 Å². The van der Waals surface area contributed by atoms with Crippen LogP contribution in [0.2, 0.25) is 0 Å². The van der Waals surface area contributed by atoms with Crippen molar-refractivity contribution in [3.8, 4) is 0 Å². The molecule has 0 bridgehead atoms. The zero-order valence-electron chi connectivity index (χ0n) is 32.1. The summed E-state index contributed by atoms with van der Waals surface area (Å²) in [6.07, 6.45) is 14.3. The summed E-state index contributed by atoms with van der Waals surface area (Å²) in [6.45, 7) is 24.8. The number of hydrogen-bond acceptors (Lipinski definition) is 2. The smallest absolute Gasteiger partial charge is 0.144 e. The third-order valence-electron chi connectivity index (χ3n) is 13.3. The highest BCUT2D eigenvalue weighted by Crippen LogP contribution is 2.61. The van der Waals surface area contributed by atoms with Gasteiger partial charge in [-0.1, -0.05) is 129 Å². The van der Waals surface area contributed by atoms with Gasteiger partial charge in [0.15, 0.2) is 0 Å². The summed E-state index contributed by atoms with van der Waals surface area (Å²) < 4.78 is 2.18. The lowest BCUT2D eigenvalue weighted by atomic mass is 9.54. The average molecular weight is 793 g/mol. The molecule has 0 radical (unpaired) electrons. The summed E-state index contributed by atoms with van der Waals surface area (Å²) >= 11 is 7.55. The van der Waals surface area contributed by atoms with Gasteiger partial charge in [-0.25, -0.2) is 0 Å². The van der Waals surface area contributed by atoms with Crippen LogP contribution in [0.3, 0.4) is 0 Å². The van der Waals surface area contributed by atoms with E-state index in [1.807, 2.05) is 0 Å². The minimum Gasteiger partial charge on any atom is -0.299 e. The van der Waals surface area contributed by atoms with Crippen LogP contribution < -0.4 is 0 Å². The predicted molar refractivity (Wildman–Crippen MR) is 213 cm³/mol. The molecule has 0 spiro atoms. The summed E-state index contributed by atoms with van der Waals surface area (Å²) in [7, 11) is 0. The van der Waals surface area contributed by atoms with Gasteiger partial charge in [-0.05, 0) is 123 Å². The van der Waals surface area contributed by atoms with E-state index in [4.69, 9.17) is 0 Å². The number of allylic oxidation sites excluding steroid dienone is 4. The molecule has 2 aromatic rings. The van der Waals surface area contributed by atoms with E-state index in [1.54, 1.807) is 0 Å². The van der Waals surface area contributed by atoms with Gasteiger partial charge < -0.3 is 0 Å². The molecular formula is C45H60Br2O2. The first-order valence-electron chi connectivity index (χ1n) is 18.8. The minimum atomic E-state index is -0.0756. The van der Waals surface area contributed by atoms with Gasteiger partial charge in [0, 0.05) is 32.1 Å². The first kappa shape index (κ1) is 38.5. The van der Waals surface area contributed by atoms with Gasteiger partial charge in [0.1, 0.15) is 11.6 Å². The van der Waals surface area contributed by atoms with Crippen molar-refractivity contribution < 1.29 is 9.59 Å². The van der Waals surface area contributed by atoms with Crippen LogP contribution in [0.15, 0.2) is 56.5 Å². The molecule has 0 N–H and O–H groups in total. The Labute approximate surface area is 314 Å². The van der Waals surface area contributed by atoms with Crippen molar-refractivity contribution in [3.63, 3.8) is 0 Å². The van der Waals surface area contributed by atoms with E-state index in [9.17, 15) is 9.59 Å². The van der Waals surface area contributed by atoms with E-state index < -0.39 is 0 Å². The maximum absolute atomic E-state index is 13.5. The Balaban J connectivity index is 0.000000191. The Morgan fingerprint density at radius 2 is 1.04 bits per heavy atom. The normalized spacial score (nSPS) is 30.8. The molecule has 4 aliphatic carbocycles. The molecule has 0 unspecified atom stereocenters. The van der Waals surface area contributed by atoms with Crippen LogP contribution >= 0.6 is 31.9 Å². The first-order valence-corrected chi connectivity index (χ1v) is 20.3. The number of fused-ring (bicyclic) bond motifs is 2. The maximum atomic E-state index is 13.5. The van der Waals surface area contributed by atoms with Gasteiger partial charge in [-0.15, -0.1) is 0 Å². The van der Waals surface area contributed by atoms with Gasteiger partial charge in [-0.3, -0.25) is 9.59 Å². The fraction of sp³-hybridized carbons (Fsp3) is 0.600. The Morgan fingerprint density at radius 3 is 1.55 bits per heavy atom. The number of Topliss-reactive ketones (excluding diaryl/α,β-unsaturated/α-hetero) is 2. The van der Waals surface area contributed by atoms with Gasteiger partial charge in [0.25, 0.3) is 0 Å². The van der Waals surface area contributed by atoms with Crippen molar-refractivity contribution in [2.24, 2.45) is 27.6 Å². The molecule has 0 aromatic heterocycles. The number of rotatable bonds is 2. The first-order chi connectivity index (χ1) is 22.7. The number of carbonyl (C=O) groups excluding carboxylic acids is 2.